The van der Waals surface area contributed by atoms with Gasteiger partial charge in [0.25, 0.3) is 0 Å². The number of hydrogen-bond acceptors (Lipinski definition) is 4. The van der Waals surface area contributed by atoms with Gasteiger partial charge in [-0.2, -0.15) is 0 Å². The molecule has 0 spiro atoms. The molecular weight excluding hydrogens is 402 g/mol. The molecule has 1 atom stereocenters. The van der Waals surface area contributed by atoms with E-state index in [1.165, 1.54) is 0 Å². The maximum atomic E-state index is 12.9. The molecule has 1 heterocycles. The van der Waals surface area contributed by atoms with E-state index in [1.807, 2.05) is 78.9 Å². The van der Waals surface area contributed by atoms with Crippen molar-refractivity contribution in [2.45, 2.75) is 18.9 Å². The molecule has 0 unspecified atom stereocenters. The van der Waals surface area contributed by atoms with Gasteiger partial charge in [0.2, 0.25) is 11.8 Å². The predicted molar refractivity (Wildman–Crippen MR) is 126 cm³/mol. The zero-order chi connectivity index (χ0) is 22.3. The second kappa shape index (κ2) is 10.0. The van der Waals surface area contributed by atoms with Crippen LogP contribution in [0.5, 0.6) is 5.75 Å². The quantitative estimate of drug-likeness (QED) is 0.565. The summed E-state index contributed by atoms with van der Waals surface area (Å²) in [6.07, 6.45) is 1.42. The minimum atomic E-state index is -0.285. The van der Waals surface area contributed by atoms with Crippen LogP contribution in [0.4, 0.5) is 11.4 Å². The zero-order valence-electron chi connectivity index (χ0n) is 18.1. The van der Waals surface area contributed by atoms with Crippen molar-refractivity contribution in [2.24, 2.45) is 0 Å². The third-order valence-electron chi connectivity index (χ3n) is 5.60. The largest absolute Gasteiger partial charge is 0.497 e. The second-order valence-electron chi connectivity index (χ2n) is 7.70. The molecule has 3 aromatic carbocycles. The molecule has 164 valence electrons. The van der Waals surface area contributed by atoms with Crippen LogP contribution in [0.2, 0.25) is 0 Å². The van der Waals surface area contributed by atoms with Gasteiger partial charge < -0.3 is 20.3 Å². The lowest BCUT2D eigenvalue weighted by atomic mass is 9.98. The van der Waals surface area contributed by atoms with Crippen LogP contribution in [-0.4, -0.2) is 32.0 Å². The monoisotopic (exact) mass is 429 g/mol. The molecule has 1 aliphatic heterocycles. The van der Waals surface area contributed by atoms with Gasteiger partial charge in [0.1, 0.15) is 5.75 Å². The van der Waals surface area contributed by atoms with Crippen molar-refractivity contribution in [2.75, 3.05) is 30.4 Å². The van der Waals surface area contributed by atoms with Gasteiger partial charge >= 0.3 is 0 Å². The van der Waals surface area contributed by atoms with E-state index in [0.29, 0.717) is 13.0 Å². The van der Waals surface area contributed by atoms with E-state index < -0.39 is 0 Å². The minimum Gasteiger partial charge on any atom is -0.497 e. The standard InChI is InChI=1S/C26H27N3O3/c1-32-21-15-13-20(14-16-21)26(19-8-3-2-4-9-19)28-24(30)18-27-22-10-5-6-11-23(22)29-17-7-12-25(29)31/h2-6,8-11,13-16,26-27H,7,12,17-18H2,1H3,(H,28,30)/t26-/m0/s1. The second-order valence-corrected chi connectivity index (χ2v) is 7.70. The molecule has 0 aromatic heterocycles. The van der Waals surface area contributed by atoms with Crippen LogP contribution in [-0.2, 0) is 9.59 Å². The summed E-state index contributed by atoms with van der Waals surface area (Å²) >= 11 is 0. The minimum absolute atomic E-state index is 0.0958. The lowest BCUT2D eigenvalue weighted by molar-refractivity contribution is -0.120. The highest BCUT2D eigenvalue weighted by Gasteiger charge is 2.24. The van der Waals surface area contributed by atoms with E-state index in [1.54, 1.807) is 12.0 Å². The summed E-state index contributed by atoms with van der Waals surface area (Å²) < 4.78 is 5.26. The first-order valence-corrected chi connectivity index (χ1v) is 10.8. The van der Waals surface area contributed by atoms with Crippen molar-refractivity contribution < 1.29 is 14.3 Å². The molecule has 3 aromatic rings. The molecule has 0 bridgehead atoms. The number of hydrogen-bond donors (Lipinski definition) is 2. The van der Waals surface area contributed by atoms with Crippen LogP contribution in [0.25, 0.3) is 0 Å². The predicted octanol–water partition coefficient (Wildman–Crippen LogP) is 4.14. The Labute approximate surface area is 188 Å². The molecule has 6 heteroatoms. The lowest BCUT2D eigenvalue weighted by Gasteiger charge is -2.22. The number of benzene rings is 3. The molecule has 32 heavy (non-hydrogen) atoms. The van der Waals surface area contributed by atoms with Gasteiger partial charge in [-0.05, 0) is 41.8 Å². The summed E-state index contributed by atoms with van der Waals surface area (Å²) in [5.41, 5.74) is 3.55. The van der Waals surface area contributed by atoms with E-state index in [-0.39, 0.29) is 24.4 Å². The number of carbonyl (C=O) groups is 2. The van der Waals surface area contributed by atoms with Crippen LogP contribution in [0.3, 0.4) is 0 Å². The number of amides is 2. The average Bonchev–Trinajstić information content (AvgIpc) is 3.27. The summed E-state index contributed by atoms with van der Waals surface area (Å²) in [5.74, 6) is 0.742. The number of ether oxygens (including phenoxy) is 1. The Morgan fingerprint density at radius 2 is 1.66 bits per heavy atom. The molecule has 1 saturated heterocycles. The fourth-order valence-electron chi connectivity index (χ4n) is 3.95. The average molecular weight is 430 g/mol. The number of methoxy groups -OCH3 is 1. The van der Waals surface area contributed by atoms with Gasteiger partial charge in [0.05, 0.1) is 31.1 Å². The Balaban J connectivity index is 1.48. The third kappa shape index (κ3) is 4.91. The Hall–Kier alpha value is -3.80. The molecule has 2 amide bonds. The number of carbonyl (C=O) groups excluding carboxylic acids is 2. The van der Waals surface area contributed by atoms with Gasteiger partial charge in [0.15, 0.2) is 0 Å². The van der Waals surface area contributed by atoms with Crippen molar-refractivity contribution in [1.29, 1.82) is 0 Å². The normalized spacial score (nSPS) is 14.2. The number of para-hydroxylation sites is 2. The summed E-state index contributed by atoms with van der Waals surface area (Å²) in [5, 5.41) is 6.34. The van der Waals surface area contributed by atoms with Gasteiger partial charge in [0, 0.05) is 13.0 Å². The topological polar surface area (TPSA) is 70.7 Å². The van der Waals surface area contributed by atoms with E-state index in [0.717, 1.165) is 34.7 Å². The number of nitrogens with one attached hydrogen (secondary N) is 2. The van der Waals surface area contributed by atoms with Gasteiger partial charge in [-0.1, -0.05) is 54.6 Å². The van der Waals surface area contributed by atoms with Gasteiger partial charge in [-0.3, -0.25) is 9.59 Å². The summed E-state index contributed by atoms with van der Waals surface area (Å²) in [4.78, 5) is 26.9. The van der Waals surface area contributed by atoms with Crippen molar-refractivity contribution in [1.82, 2.24) is 5.32 Å². The number of anilines is 2. The fourth-order valence-corrected chi connectivity index (χ4v) is 3.95. The highest BCUT2D eigenvalue weighted by atomic mass is 16.5. The summed E-state index contributed by atoms with van der Waals surface area (Å²) in [6, 6.07) is 24.9. The first kappa shape index (κ1) is 21.4. The Morgan fingerprint density at radius 3 is 2.34 bits per heavy atom. The molecule has 4 rings (SSSR count). The van der Waals surface area contributed by atoms with Crippen LogP contribution >= 0.6 is 0 Å². The Morgan fingerprint density at radius 1 is 0.969 bits per heavy atom. The molecule has 1 aliphatic rings. The molecule has 2 N–H and O–H groups in total. The van der Waals surface area contributed by atoms with E-state index >= 15 is 0 Å². The molecular formula is C26H27N3O3. The van der Waals surface area contributed by atoms with E-state index in [9.17, 15) is 9.59 Å². The highest BCUT2D eigenvalue weighted by molar-refractivity contribution is 5.98. The SMILES string of the molecule is COc1ccc([C@@H](NC(=O)CNc2ccccc2N2CCCC2=O)c2ccccc2)cc1. The fraction of sp³-hybridized carbons (Fsp3) is 0.231. The van der Waals surface area contributed by atoms with Gasteiger partial charge in [-0.15, -0.1) is 0 Å². The van der Waals surface area contributed by atoms with Crippen LogP contribution in [0.1, 0.15) is 30.0 Å². The molecule has 0 radical (unpaired) electrons. The maximum Gasteiger partial charge on any atom is 0.240 e. The number of rotatable bonds is 8. The highest BCUT2D eigenvalue weighted by Crippen LogP contribution is 2.29. The van der Waals surface area contributed by atoms with E-state index in [4.69, 9.17) is 4.74 Å². The first-order chi connectivity index (χ1) is 15.7. The molecule has 6 nitrogen and oxygen atoms in total. The van der Waals surface area contributed by atoms with Crippen molar-refractivity contribution in [3.05, 3.63) is 90.0 Å². The molecule has 1 fully saturated rings. The van der Waals surface area contributed by atoms with Crippen molar-refractivity contribution in [3.8, 4) is 5.75 Å². The maximum absolute atomic E-state index is 12.9. The Kier molecular flexibility index (Phi) is 6.70. The Bertz CT molecular complexity index is 1070. The summed E-state index contributed by atoms with van der Waals surface area (Å²) in [7, 11) is 1.63. The first-order valence-electron chi connectivity index (χ1n) is 10.8. The van der Waals surface area contributed by atoms with Crippen molar-refractivity contribution >= 4 is 23.2 Å². The third-order valence-corrected chi connectivity index (χ3v) is 5.60. The summed E-state index contributed by atoms with van der Waals surface area (Å²) in [6.45, 7) is 0.801. The van der Waals surface area contributed by atoms with Crippen LogP contribution in [0, 0.1) is 0 Å². The number of nitrogens with zero attached hydrogens (tertiary/aromatic N) is 1. The zero-order valence-corrected chi connectivity index (χ0v) is 18.1. The van der Waals surface area contributed by atoms with E-state index in [2.05, 4.69) is 10.6 Å². The van der Waals surface area contributed by atoms with Crippen molar-refractivity contribution in [3.63, 3.8) is 0 Å². The van der Waals surface area contributed by atoms with Gasteiger partial charge in [-0.25, -0.2) is 0 Å². The lowest BCUT2D eigenvalue weighted by Crippen LogP contribution is -2.34. The smallest absolute Gasteiger partial charge is 0.240 e. The van der Waals surface area contributed by atoms with Crippen LogP contribution < -0.4 is 20.3 Å². The van der Waals surface area contributed by atoms with Crippen LogP contribution in [0.15, 0.2) is 78.9 Å². The molecule has 0 aliphatic carbocycles. The molecule has 0 saturated carbocycles.